The SMILES string of the molecule is COc1ccc(CCc2nc(C3CC(=O)N(c4ccc(C)cc4)C3)no2)cc1. The average molecular weight is 377 g/mol. The van der Waals surface area contributed by atoms with Crippen LogP contribution in [0.25, 0.3) is 0 Å². The lowest BCUT2D eigenvalue weighted by atomic mass is 10.1. The molecule has 1 unspecified atom stereocenters. The Morgan fingerprint density at radius 1 is 1.11 bits per heavy atom. The Morgan fingerprint density at radius 3 is 2.57 bits per heavy atom. The Hall–Kier alpha value is -3.15. The summed E-state index contributed by atoms with van der Waals surface area (Å²) in [4.78, 5) is 18.8. The van der Waals surface area contributed by atoms with E-state index in [0.29, 0.717) is 31.1 Å². The molecule has 1 aromatic heterocycles. The molecule has 0 radical (unpaired) electrons. The first-order valence-corrected chi connectivity index (χ1v) is 9.45. The van der Waals surface area contributed by atoms with Gasteiger partial charge in [0.05, 0.1) is 7.11 Å². The van der Waals surface area contributed by atoms with Gasteiger partial charge in [-0.05, 0) is 43.2 Å². The Morgan fingerprint density at radius 2 is 1.86 bits per heavy atom. The maximum Gasteiger partial charge on any atom is 0.227 e. The summed E-state index contributed by atoms with van der Waals surface area (Å²) in [6, 6.07) is 15.9. The Bertz CT molecular complexity index is 948. The monoisotopic (exact) mass is 377 g/mol. The number of hydrogen-bond donors (Lipinski definition) is 0. The van der Waals surface area contributed by atoms with E-state index >= 15 is 0 Å². The predicted molar refractivity (Wildman–Crippen MR) is 106 cm³/mol. The molecule has 0 saturated carbocycles. The summed E-state index contributed by atoms with van der Waals surface area (Å²) in [6.07, 6.45) is 1.89. The number of hydrogen-bond acceptors (Lipinski definition) is 5. The Balaban J connectivity index is 1.38. The molecule has 6 heteroatoms. The number of carbonyl (C=O) groups is 1. The van der Waals surface area contributed by atoms with E-state index in [2.05, 4.69) is 10.1 Å². The van der Waals surface area contributed by atoms with Gasteiger partial charge in [0.15, 0.2) is 5.82 Å². The number of benzene rings is 2. The van der Waals surface area contributed by atoms with E-state index in [0.717, 1.165) is 17.9 Å². The fraction of sp³-hybridized carbons (Fsp3) is 0.318. The topological polar surface area (TPSA) is 68.5 Å². The van der Waals surface area contributed by atoms with E-state index < -0.39 is 0 Å². The van der Waals surface area contributed by atoms with E-state index in [4.69, 9.17) is 9.26 Å². The van der Waals surface area contributed by atoms with Gasteiger partial charge in [0.1, 0.15) is 5.75 Å². The van der Waals surface area contributed by atoms with Crippen LogP contribution < -0.4 is 9.64 Å². The van der Waals surface area contributed by atoms with Gasteiger partial charge in [0.2, 0.25) is 11.8 Å². The predicted octanol–water partition coefficient (Wildman–Crippen LogP) is 3.69. The van der Waals surface area contributed by atoms with Crippen molar-refractivity contribution in [1.82, 2.24) is 10.1 Å². The molecule has 2 heterocycles. The van der Waals surface area contributed by atoms with Crippen LogP contribution in [-0.2, 0) is 17.6 Å². The van der Waals surface area contributed by atoms with Crippen molar-refractivity contribution in [2.24, 2.45) is 0 Å². The molecule has 6 nitrogen and oxygen atoms in total. The summed E-state index contributed by atoms with van der Waals surface area (Å²) in [5.41, 5.74) is 3.27. The number of anilines is 1. The third-order valence-corrected chi connectivity index (χ3v) is 5.11. The standard InChI is InChI=1S/C22H23N3O3/c1-15-3-8-18(9-4-15)25-14-17(13-21(25)26)22-23-20(28-24-22)12-7-16-5-10-19(27-2)11-6-16/h3-6,8-11,17H,7,12-14H2,1-2H3. The molecule has 0 spiro atoms. The molecule has 1 saturated heterocycles. The van der Waals surface area contributed by atoms with Crippen molar-refractivity contribution in [2.75, 3.05) is 18.6 Å². The van der Waals surface area contributed by atoms with Gasteiger partial charge in [-0.3, -0.25) is 4.79 Å². The molecule has 0 aliphatic carbocycles. The zero-order valence-corrected chi connectivity index (χ0v) is 16.1. The molecule has 1 aliphatic rings. The number of aryl methyl sites for hydroxylation is 3. The summed E-state index contributed by atoms with van der Waals surface area (Å²) in [5, 5.41) is 4.13. The van der Waals surface area contributed by atoms with Gasteiger partial charge >= 0.3 is 0 Å². The van der Waals surface area contributed by atoms with Crippen LogP contribution in [0, 0.1) is 6.92 Å². The van der Waals surface area contributed by atoms with E-state index in [9.17, 15) is 4.79 Å². The van der Waals surface area contributed by atoms with Gasteiger partial charge in [-0.1, -0.05) is 35.0 Å². The summed E-state index contributed by atoms with van der Waals surface area (Å²) in [7, 11) is 1.66. The van der Waals surface area contributed by atoms with Gasteiger partial charge in [0.25, 0.3) is 0 Å². The number of amides is 1. The van der Waals surface area contributed by atoms with Crippen LogP contribution in [-0.4, -0.2) is 29.7 Å². The number of ether oxygens (including phenoxy) is 1. The maximum absolute atomic E-state index is 12.4. The van der Waals surface area contributed by atoms with E-state index in [1.54, 1.807) is 12.0 Å². The van der Waals surface area contributed by atoms with E-state index in [-0.39, 0.29) is 11.8 Å². The van der Waals surface area contributed by atoms with Crippen LogP contribution in [0.2, 0.25) is 0 Å². The minimum atomic E-state index is -0.0349. The Labute approximate surface area is 164 Å². The number of methoxy groups -OCH3 is 1. The fourth-order valence-electron chi connectivity index (χ4n) is 3.43. The quantitative estimate of drug-likeness (QED) is 0.655. The molecule has 4 rings (SSSR count). The summed E-state index contributed by atoms with van der Waals surface area (Å²) < 4.78 is 10.6. The van der Waals surface area contributed by atoms with Crippen molar-refractivity contribution in [2.45, 2.75) is 32.1 Å². The van der Waals surface area contributed by atoms with Crippen LogP contribution >= 0.6 is 0 Å². The largest absolute Gasteiger partial charge is 0.497 e. The summed E-state index contributed by atoms with van der Waals surface area (Å²) in [5.74, 6) is 2.12. The number of rotatable bonds is 6. The Kier molecular flexibility index (Phi) is 5.10. The third-order valence-electron chi connectivity index (χ3n) is 5.11. The van der Waals surface area contributed by atoms with Crippen molar-refractivity contribution in [3.63, 3.8) is 0 Å². The van der Waals surface area contributed by atoms with Gasteiger partial charge in [-0.15, -0.1) is 0 Å². The lowest BCUT2D eigenvalue weighted by Crippen LogP contribution is -2.24. The van der Waals surface area contributed by atoms with Gasteiger partial charge < -0.3 is 14.2 Å². The van der Waals surface area contributed by atoms with Crippen molar-refractivity contribution in [1.29, 1.82) is 0 Å². The van der Waals surface area contributed by atoms with Crippen LogP contribution in [0.15, 0.2) is 53.1 Å². The highest BCUT2D eigenvalue weighted by molar-refractivity contribution is 5.96. The molecule has 3 aromatic rings. The van der Waals surface area contributed by atoms with Crippen LogP contribution in [0.5, 0.6) is 5.75 Å². The number of aromatic nitrogens is 2. The molecule has 0 bridgehead atoms. The zero-order chi connectivity index (χ0) is 19.5. The number of nitrogens with zero attached hydrogens (tertiary/aromatic N) is 3. The first-order chi connectivity index (χ1) is 13.6. The lowest BCUT2D eigenvalue weighted by molar-refractivity contribution is -0.117. The smallest absolute Gasteiger partial charge is 0.227 e. The molecular formula is C22H23N3O3. The maximum atomic E-state index is 12.4. The first-order valence-electron chi connectivity index (χ1n) is 9.45. The van der Waals surface area contributed by atoms with Crippen LogP contribution in [0.1, 0.15) is 35.2 Å². The summed E-state index contributed by atoms with van der Waals surface area (Å²) in [6.45, 7) is 2.62. The minimum absolute atomic E-state index is 0.0349. The normalized spacial score (nSPS) is 16.6. The zero-order valence-electron chi connectivity index (χ0n) is 16.1. The second-order valence-corrected chi connectivity index (χ2v) is 7.14. The molecule has 1 amide bonds. The van der Waals surface area contributed by atoms with E-state index in [1.807, 2.05) is 55.5 Å². The fourth-order valence-corrected chi connectivity index (χ4v) is 3.43. The van der Waals surface area contributed by atoms with Gasteiger partial charge in [-0.25, -0.2) is 0 Å². The third kappa shape index (κ3) is 3.91. The van der Waals surface area contributed by atoms with Crippen molar-refractivity contribution < 1.29 is 14.1 Å². The second kappa shape index (κ2) is 7.84. The molecule has 0 N–H and O–H groups in total. The highest BCUT2D eigenvalue weighted by atomic mass is 16.5. The highest BCUT2D eigenvalue weighted by Crippen LogP contribution is 2.30. The van der Waals surface area contributed by atoms with Crippen molar-refractivity contribution in [3.05, 3.63) is 71.4 Å². The molecule has 1 aliphatic heterocycles. The first kappa shape index (κ1) is 18.2. The molecule has 1 atom stereocenters. The molecule has 2 aromatic carbocycles. The number of carbonyl (C=O) groups excluding carboxylic acids is 1. The average Bonchev–Trinajstić information content (AvgIpc) is 3.34. The van der Waals surface area contributed by atoms with Crippen molar-refractivity contribution in [3.8, 4) is 5.75 Å². The molecular weight excluding hydrogens is 354 g/mol. The van der Waals surface area contributed by atoms with Gasteiger partial charge in [0, 0.05) is 31.0 Å². The highest BCUT2D eigenvalue weighted by Gasteiger charge is 2.34. The molecule has 144 valence electrons. The second-order valence-electron chi connectivity index (χ2n) is 7.14. The minimum Gasteiger partial charge on any atom is -0.497 e. The van der Waals surface area contributed by atoms with Crippen LogP contribution in [0.4, 0.5) is 5.69 Å². The summed E-state index contributed by atoms with van der Waals surface area (Å²) >= 11 is 0. The van der Waals surface area contributed by atoms with Crippen LogP contribution in [0.3, 0.4) is 0 Å². The van der Waals surface area contributed by atoms with E-state index in [1.165, 1.54) is 11.1 Å². The van der Waals surface area contributed by atoms with Gasteiger partial charge in [-0.2, -0.15) is 4.98 Å². The van der Waals surface area contributed by atoms with Crippen molar-refractivity contribution >= 4 is 11.6 Å². The molecule has 28 heavy (non-hydrogen) atoms. The molecule has 1 fully saturated rings. The lowest BCUT2D eigenvalue weighted by Gasteiger charge is -2.16.